The quantitative estimate of drug-likeness (QED) is 0.731. The van der Waals surface area contributed by atoms with Gasteiger partial charge in [0.25, 0.3) is 0 Å². The second-order valence-corrected chi connectivity index (χ2v) is 3.87. The summed E-state index contributed by atoms with van der Waals surface area (Å²) in [6.07, 6.45) is 0. The molecule has 0 heterocycles. The van der Waals surface area contributed by atoms with E-state index in [0.29, 0.717) is 5.69 Å². The highest BCUT2D eigenvalue weighted by molar-refractivity contribution is 5.94. The second-order valence-electron chi connectivity index (χ2n) is 3.87. The average Bonchev–Trinajstić information content (AvgIpc) is 2.35. The van der Waals surface area contributed by atoms with Crippen molar-refractivity contribution in [2.24, 2.45) is 0 Å². The predicted molar refractivity (Wildman–Crippen MR) is 66.6 cm³/mol. The summed E-state index contributed by atoms with van der Waals surface area (Å²) in [6, 6.07) is 5.35. The van der Waals surface area contributed by atoms with Crippen molar-refractivity contribution in [1.29, 1.82) is 0 Å². The number of aliphatic hydroxyl groups is 1. The molecule has 2 amide bonds. The predicted octanol–water partition coefficient (Wildman–Crippen LogP) is 0.586. The van der Waals surface area contributed by atoms with Crippen molar-refractivity contribution in [3.05, 3.63) is 29.8 Å². The monoisotopic (exact) mass is 252 g/mol. The molecule has 6 heteroatoms. The standard InChI is InChI=1S/C12H16N2O4/c1-8-5-3-4-6-10(8)14(2)12(18)13-9(7-15)11(16)17/h3-6,9,15H,7H2,1-2H3,(H,13,18)(H,16,17). The Morgan fingerprint density at radius 3 is 2.50 bits per heavy atom. The summed E-state index contributed by atoms with van der Waals surface area (Å²) in [5.74, 6) is -1.27. The van der Waals surface area contributed by atoms with Crippen LogP contribution in [0.25, 0.3) is 0 Å². The van der Waals surface area contributed by atoms with Crippen molar-refractivity contribution in [1.82, 2.24) is 5.32 Å². The van der Waals surface area contributed by atoms with Crippen molar-refractivity contribution >= 4 is 17.7 Å². The van der Waals surface area contributed by atoms with Gasteiger partial charge in [-0.05, 0) is 18.6 Å². The third kappa shape index (κ3) is 3.21. The number of amides is 2. The number of urea groups is 1. The van der Waals surface area contributed by atoms with Gasteiger partial charge < -0.3 is 15.5 Å². The highest BCUT2D eigenvalue weighted by Crippen LogP contribution is 2.17. The van der Waals surface area contributed by atoms with Crippen molar-refractivity contribution in [2.75, 3.05) is 18.6 Å². The molecule has 3 N–H and O–H groups in total. The molecule has 0 aliphatic heterocycles. The molecule has 0 saturated carbocycles. The second kappa shape index (κ2) is 6.02. The van der Waals surface area contributed by atoms with E-state index in [1.54, 1.807) is 12.1 Å². The number of aryl methyl sites for hydroxylation is 1. The summed E-state index contributed by atoms with van der Waals surface area (Å²) in [6.45, 7) is 1.20. The third-order valence-electron chi connectivity index (χ3n) is 2.56. The first kappa shape index (κ1) is 14.0. The van der Waals surface area contributed by atoms with Crippen LogP contribution in [-0.2, 0) is 4.79 Å². The van der Waals surface area contributed by atoms with Gasteiger partial charge in [-0.25, -0.2) is 9.59 Å². The van der Waals surface area contributed by atoms with Gasteiger partial charge in [0.1, 0.15) is 0 Å². The fourth-order valence-corrected chi connectivity index (χ4v) is 1.48. The Balaban J connectivity index is 2.79. The molecule has 98 valence electrons. The number of nitrogens with one attached hydrogen (secondary N) is 1. The van der Waals surface area contributed by atoms with Gasteiger partial charge in [-0.3, -0.25) is 4.90 Å². The lowest BCUT2D eigenvalue weighted by Crippen LogP contribution is -2.48. The van der Waals surface area contributed by atoms with Crippen LogP contribution < -0.4 is 10.2 Å². The number of carboxylic acid groups (broad SMARTS) is 1. The highest BCUT2D eigenvalue weighted by atomic mass is 16.4. The van der Waals surface area contributed by atoms with Crippen molar-refractivity contribution in [3.63, 3.8) is 0 Å². The zero-order valence-electron chi connectivity index (χ0n) is 10.3. The number of carboxylic acids is 1. The van der Waals surface area contributed by atoms with E-state index in [1.165, 1.54) is 11.9 Å². The Morgan fingerprint density at radius 2 is 2.00 bits per heavy atom. The molecule has 0 radical (unpaired) electrons. The molecule has 0 fully saturated rings. The van der Waals surface area contributed by atoms with Crippen LogP contribution in [0.3, 0.4) is 0 Å². The molecule has 1 atom stereocenters. The minimum Gasteiger partial charge on any atom is -0.480 e. The van der Waals surface area contributed by atoms with Crippen LogP contribution in [0.2, 0.25) is 0 Å². The molecule has 18 heavy (non-hydrogen) atoms. The molecule has 1 aromatic carbocycles. The maximum atomic E-state index is 11.8. The Bertz CT molecular complexity index is 447. The van der Waals surface area contributed by atoms with Crippen molar-refractivity contribution in [2.45, 2.75) is 13.0 Å². The largest absolute Gasteiger partial charge is 0.480 e. The maximum Gasteiger partial charge on any atom is 0.328 e. The number of aliphatic hydroxyl groups excluding tert-OH is 1. The molecule has 0 aliphatic carbocycles. The van der Waals surface area contributed by atoms with E-state index in [-0.39, 0.29) is 0 Å². The number of nitrogens with zero attached hydrogens (tertiary/aromatic N) is 1. The lowest BCUT2D eigenvalue weighted by molar-refractivity contribution is -0.140. The molecule has 0 aliphatic rings. The van der Waals surface area contributed by atoms with Crippen LogP contribution in [0.5, 0.6) is 0 Å². The topological polar surface area (TPSA) is 89.9 Å². The number of hydrogen-bond donors (Lipinski definition) is 3. The zero-order valence-corrected chi connectivity index (χ0v) is 10.3. The summed E-state index contributed by atoms with van der Waals surface area (Å²) in [5, 5.41) is 19.8. The number of aliphatic carboxylic acids is 1. The number of carbonyl (C=O) groups excluding carboxylic acids is 1. The molecule has 0 saturated heterocycles. The number of benzene rings is 1. The van der Waals surface area contributed by atoms with Gasteiger partial charge in [0.05, 0.1) is 6.61 Å². The molecular weight excluding hydrogens is 236 g/mol. The first-order valence-electron chi connectivity index (χ1n) is 5.41. The van der Waals surface area contributed by atoms with Gasteiger partial charge >= 0.3 is 12.0 Å². The molecule has 0 bridgehead atoms. The average molecular weight is 252 g/mol. The fourth-order valence-electron chi connectivity index (χ4n) is 1.48. The van der Waals surface area contributed by atoms with Crippen LogP contribution in [0.4, 0.5) is 10.5 Å². The van der Waals surface area contributed by atoms with E-state index in [2.05, 4.69) is 5.32 Å². The zero-order chi connectivity index (χ0) is 13.7. The summed E-state index contributed by atoms with van der Waals surface area (Å²) >= 11 is 0. The van der Waals surface area contributed by atoms with E-state index in [0.717, 1.165) is 5.56 Å². The number of anilines is 1. The normalized spacial score (nSPS) is 11.7. The van der Waals surface area contributed by atoms with Gasteiger partial charge in [-0.1, -0.05) is 18.2 Å². The molecule has 1 unspecified atom stereocenters. The lowest BCUT2D eigenvalue weighted by Gasteiger charge is -2.22. The molecule has 1 aromatic rings. The fraction of sp³-hybridized carbons (Fsp3) is 0.333. The highest BCUT2D eigenvalue weighted by Gasteiger charge is 2.21. The van der Waals surface area contributed by atoms with Gasteiger partial charge in [0.15, 0.2) is 6.04 Å². The maximum absolute atomic E-state index is 11.8. The van der Waals surface area contributed by atoms with Crippen molar-refractivity contribution in [3.8, 4) is 0 Å². The van der Waals surface area contributed by atoms with E-state index >= 15 is 0 Å². The summed E-state index contributed by atoms with van der Waals surface area (Å²) in [7, 11) is 1.54. The lowest BCUT2D eigenvalue weighted by atomic mass is 10.2. The Kier molecular flexibility index (Phi) is 4.67. The van der Waals surface area contributed by atoms with E-state index in [4.69, 9.17) is 10.2 Å². The minimum absolute atomic E-state index is 0.578. The number of carbonyl (C=O) groups is 2. The molecule has 0 spiro atoms. The molecule has 6 nitrogen and oxygen atoms in total. The van der Waals surface area contributed by atoms with Crippen LogP contribution in [-0.4, -0.2) is 41.9 Å². The van der Waals surface area contributed by atoms with Gasteiger partial charge in [0.2, 0.25) is 0 Å². The Hall–Kier alpha value is -2.08. The number of para-hydroxylation sites is 1. The van der Waals surface area contributed by atoms with Crippen LogP contribution in [0.1, 0.15) is 5.56 Å². The number of rotatable bonds is 4. The third-order valence-corrected chi connectivity index (χ3v) is 2.56. The van der Waals surface area contributed by atoms with Crippen LogP contribution in [0, 0.1) is 6.92 Å². The summed E-state index contributed by atoms with van der Waals surface area (Å²) < 4.78 is 0. The smallest absolute Gasteiger partial charge is 0.328 e. The summed E-state index contributed by atoms with van der Waals surface area (Å²) in [4.78, 5) is 23.8. The Labute approximate surface area is 105 Å². The SMILES string of the molecule is Cc1ccccc1N(C)C(=O)NC(CO)C(=O)O. The molecule has 1 rings (SSSR count). The summed E-state index contributed by atoms with van der Waals surface area (Å²) in [5.41, 5.74) is 1.57. The molecule has 0 aromatic heterocycles. The first-order valence-corrected chi connectivity index (χ1v) is 5.41. The van der Waals surface area contributed by atoms with Crippen LogP contribution in [0.15, 0.2) is 24.3 Å². The molecular formula is C12H16N2O4. The number of hydrogen-bond acceptors (Lipinski definition) is 3. The van der Waals surface area contributed by atoms with E-state index in [9.17, 15) is 9.59 Å². The van der Waals surface area contributed by atoms with Gasteiger partial charge in [0, 0.05) is 12.7 Å². The minimum atomic E-state index is -1.30. The van der Waals surface area contributed by atoms with E-state index in [1.807, 2.05) is 19.1 Å². The Morgan fingerprint density at radius 1 is 1.39 bits per heavy atom. The van der Waals surface area contributed by atoms with Crippen LogP contribution >= 0.6 is 0 Å². The van der Waals surface area contributed by atoms with Crippen molar-refractivity contribution < 1.29 is 19.8 Å². The van der Waals surface area contributed by atoms with Gasteiger partial charge in [-0.2, -0.15) is 0 Å². The first-order chi connectivity index (χ1) is 8.47. The van der Waals surface area contributed by atoms with Gasteiger partial charge in [-0.15, -0.1) is 0 Å². The van der Waals surface area contributed by atoms with E-state index < -0.39 is 24.6 Å².